The fraction of sp³-hybridized carbons (Fsp3) is 0.208. The van der Waals surface area contributed by atoms with Crippen LogP contribution in [0.15, 0.2) is 36.4 Å². The van der Waals surface area contributed by atoms with Gasteiger partial charge in [0.2, 0.25) is 5.82 Å². The Morgan fingerprint density at radius 3 is 2.61 bits per heavy atom. The van der Waals surface area contributed by atoms with Gasteiger partial charge in [0, 0.05) is 23.4 Å². The number of nitrogens with one attached hydrogen (secondary N) is 3. The number of carbonyl (C=O) groups is 3. The van der Waals surface area contributed by atoms with Crippen molar-refractivity contribution >= 4 is 45.9 Å². The van der Waals surface area contributed by atoms with Crippen LogP contribution in [0, 0.1) is 11.6 Å². The number of anilines is 1. The Morgan fingerprint density at radius 2 is 1.92 bits per heavy atom. The molecule has 36 heavy (non-hydrogen) atoms. The van der Waals surface area contributed by atoms with Gasteiger partial charge >= 0.3 is 0 Å². The van der Waals surface area contributed by atoms with Crippen LogP contribution in [0.5, 0.6) is 0 Å². The maximum atomic E-state index is 14.1. The lowest BCUT2D eigenvalue weighted by Gasteiger charge is -2.19. The molecule has 1 atom stereocenters. The number of carbonyl (C=O) groups excluding carboxylic acids is 3. The van der Waals surface area contributed by atoms with E-state index in [4.69, 9.17) is 11.6 Å². The topological polar surface area (TPSA) is 122 Å². The number of nitrogens with zero attached hydrogens (tertiary/aromatic N) is 3. The van der Waals surface area contributed by atoms with Crippen molar-refractivity contribution in [3.05, 3.63) is 75.8 Å². The first-order valence-corrected chi connectivity index (χ1v) is 11.2. The maximum Gasteiger partial charge on any atom is 0.287 e. The zero-order valence-corrected chi connectivity index (χ0v) is 20.2. The monoisotopic (exact) mass is 514 g/mol. The maximum absolute atomic E-state index is 14.1. The number of hydrogen-bond acceptors (Lipinski definition) is 5. The van der Waals surface area contributed by atoms with E-state index in [-0.39, 0.29) is 51.3 Å². The molecule has 9 nitrogen and oxygen atoms in total. The van der Waals surface area contributed by atoms with Gasteiger partial charge in [-0.25, -0.2) is 13.8 Å². The zero-order valence-electron chi connectivity index (χ0n) is 19.4. The zero-order chi connectivity index (χ0) is 26.1. The van der Waals surface area contributed by atoms with Gasteiger partial charge in [-0.1, -0.05) is 30.7 Å². The summed E-state index contributed by atoms with van der Waals surface area (Å²) in [6.45, 7) is 2.77. The lowest BCUT2D eigenvalue weighted by Crippen LogP contribution is -2.25. The van der Waals surface area contributed by atoms with Crippen molar-refractivity contribution in [3.8, 4) is 0 Å². The molecule has 0 fully saturated rings. The van der Waals surface area contributed by atoms with Crippen LogP contribution in [0.2, 0.25) is 5.02 Å². The first kappa shape index (κ1) is 25.0. The molecule has 2 aromatic carbocycles. The number of imidazole rings is 1. The highest BCUT2D eigenvalue weighted by Crippen LogP contribution is 2.35. The number of aromatic nitrogens is 4. The minimum atomic E-state index is -0.710. The van der Waals surface area contributed by atoms with E-state index in [1.54, 1.807) is 6.92 Å². The van der Waals surface area contributed by atoms with Gasteiger partial charge in [0.1, 0.15) is 22.8 Å². The molecule has 0 aliphatic rings. The van der Waals surface area contributed by atoms with Crippen LogP contribution < -0.4 is 10.6 Å². The second-order valence-corrected chi connectivity index (χ2v) is 8.52. The van der Waals surface area contributed by atoms with Crippen molar-refractivity contribution in [1.82, 2.24) is 25.1 Å². The molecule has 0 aliphatic heterocycles. The summed E-state index contributed by atoms with van der Waals surface area (Å²) in [5, 5.41) is 11.9. The number of rotatable bonds is 7. The van der Waals surface area contributed by atoms with Gasteiger partial charge in [0.05, 0.1) is 12.2 Å². The minimum absolute atomic E-state index is 0.0176. The Morgan fingerprint density at radius 1 is 1.17 bits per heavy atom. The van der Waals surface area contributed by atoms with Crippen molar-refractivity contribution in [2.24, 2.45) is 0 Å². The van der Waals surface area contributed by atoms with E-state index < -0.39 is 29.4 Å². The Balaban J connectivity index is 1.87. The minimum Gasteiger partial charge on any atom is -0.352 e. The Bertz CT molecular complexity index is 1510. The average Bonchev–Trinajstić information content (AvgIpc) is 3.42. The smallest absolute Gasteiger partial charge is 0.287 e. The largest absolute Gasteiger partial charge is 0.352 e. The highest BCUT2D eigenvalue weighted by atomic mass is 35.5. The molecule has 186 valence electrons. The Kier molecular flexibility index (Phi) is 6.84. The number of benzene rings is 2. The van der Waals surface area contributed by atoms with Crippen LogP contribution in [0.1, 0.15) is 52.1 Å². The molecular weight excluding hydrogens is 494 g/mol. The molecule has 4 aromatic rings. The number of para-hydroxylation sites is 1. The number of ketones is 1. The van der Waals surface area contributed by atoms with Crippen LogP contribution >= 0.6 is 11.6 Å². The Hall–Kier alpha value is -4.12. The van der Waals surface area contributed by atoms with E-state index in [9.17, 15) is 23.2 Å². The molecule has 3 N–H and O–H groups in total. The fourth-order valence-corrected chi connectivity index (χ4v) is 4.28. The summed E-state index contributed by atoms with van der Waals surface area (Å²) in [5.74, 6) is -3.64. The van der Waals surface area contributed by atoms with Gasteiger partial charge in [-0.3, -0.25) is 19.5 Å². The van der Waals surface area contributed by atoms with Gasteiger partial charge in [0.25, 0.3) is 11.8 Å². The molecule has 0 unspecified atom stereocenters. The quantitative estimate of drug-likeness (QED) is 0.343. The molecule has 0 spiro atoms. The summed E-state index contributed by atoms with van der Waals surface area (Å²) in [6.07, 6.45) is 0. The van der Waals surface area contributed by atoms with E-state index in [1.807, 2.05) is 0 Å². The Labute approximate surface area is 208 Å². The molecule has 12 heteroatoms. The standard InChI is InChI=1S/C24H21ClF2N6O3/c1-11(34)10-33-20(12(2)15-9-13(26)7-8-16(15)25)21(29-22(33)24(36)28-3)30-23(35)19-14-5-4-6-17(27)18(14)31-32-19/h4-9,12H,10H2,1-3H3,(H,28,36)(H,30,35)(H,31,32)/t12-/m1/s1. The molecule has 2 amide bonds. The van der Waals surface area contributed by atoms with Crippen LogP contribution in [-0.4, -0.2) is 44.4 Å². The highest BCUT2D eigenvalue weighted by Gasteiger charge is 2.29. The molecule has 0 bridgehead atoms. The highest BCUT2D eigenvalue weighted by molar-refractivity contribution is 6.31. The number of H-pyrrole nitrogens is 1. The van der Waals surface area contributed by atoms with Gasteiger partial charge in [-0.05, 0) is 36.8 Å². The molecule has 0 saturated heterocycles. The van der Waals surface area contributed by atoms with Crippen molar-refractivity contribution in [2.75, 3.05) is 12.4 Å². The summed E-state index contributed by atoms with van der Waals surface area (Å²) in [6, 6.07) is 8.00. The van der Waals surface area contributed by atoms with E-state index in [2.05, 4.69) is 25.8 Å². The molecular formula is C24H21ClF2N6O3. The van der Waals surface area contributed by atoms with Gasteiger partial charge < -0.3 is 15.2 Å². The molecule has 0 aliphatic carbocycles. The average molecular weight is 515 g/mol. The number of Topliss-reactive ketones (excluding diaryl/α,β-unsaturated/α-hetero) is 1. The molecule has 2 aromatic heterocycles. The third kappa shape index (κ3) is 4.57. The van der Waals surface area contributed by atoms with Gasteiger partial charge in [-0.15, -0.1) is 0 Å². The molecule has 2 heterocycles. The lowest BCUT2D eigenvalue weighted by molar-refractivity contribution is -0.117. The van der Waals surface area contributed by atoms with Crippen LogP contribution in [0.25, 0.3) is 10.9 Å². The first-order valence-electron chi connectivity index (χ1n) is 10.8. The normalized spacial score (nSPS) is 11.9. The number of halogens is 3. The summed E-state index contributed by atoms with van der Waals surface area (Å²) in [5.41, 5.74) is 0.555. The number of fused-ring (bicyclic) bond motifs is 1. The van der Waals surface area contributed by atoms with E-state index in [0.717, 1.165) is 0 Å². The SMILES string of the molecule is CNC(=O)c1nc(NC(=O)c2[nH]nc3c(F)cccc23)c([C@H](C)c2cc(F)ccc2Cl)n1CC(C)=O. The van der Waals surface area contributed by atoms with Crippen molar-refractivity contribution < 1.29 is 23.2 Å². The number of amides is 2. The second-order valence-electron chi connectivity index (χ2n) is 8.11. The summed E-state index contributed by atoms with van der Waals surface area (Å²) in [4.78, 5) is 42.2. The molecule has 0 saturated carbocycles. The predicted octanol–water partition coefficient (Wildman–Crippen LogP) is 4.04. The van der Waals surface area contributed by atoms with Gasteiger partial charge in [-0.2, -0.15) is 5.10 Å². The number of hydrogen-bond donors (Lipinski definition) is 3. The van der Waals surface area contributed by atoms with Crippen LogP contribution in [0.3, 0.4) is 0 Å². The predicted molar refractivity (Wildman–Crippen MR) is 129 cm³/mol. The van der Waals surface area contributed by atoms with Crippen molar-refractivity contribution in [1.29, 1.82) is 0 Å². The third-order valence-electron chi connectivity index (χ3n) is 5.65. The summed E-state index contributed by atoms with van der Waals surface area (Å²) >= 11 is 6.34. The lowest BCUT2D eigenvalue weighted by atomic mass is 9.96. The molecule has 4 rings (SSSR count). The van der Waals surface area contributed by atoms with E-state index >= 15 is 0 Å². The second kappa shape index (κ2) is 9.86. The summed E-state index contributed by atoms with van der Waals surface area (Å²) < 4.78 is 29.5. The number of aromatic amines is 1. The van der Waals surface area contributed by atoms with Gasteiger partial charge in [0.15, 0.2) is 11.6 Å². The van der Waals surface area contributed by atoms with E-state index in [0.29, 0.717) is 5.56 Å². The van der Waals surface area contributed by atoms with E-state index in [1.165, 1.54) is 54.9 Å². The van der Waals surface area contributed by atoms with Crippen molar-refractivity contribution in [3.63, 3.8) is 0 Å². The summed E-state index contributed by atoms with van der Waals surface area (Å²) in [7, 11) is 1.39. The van der Waals surface area contributed by atoms with Crippen molar-refractivity contribution in [2.45, 2.75) is 26.3 Å². The first-order chi connectivity index (χ1) is 17.1. The molecule has 0 radical (unpaired) electrons. The van der Waals surface area contributed by atoms with Crippen LogP contribution in [0.4, 0.5) is 14.6 Å². The fourth-order valence-electron chi connectivity index (χ4n) is 4.00. The third-order valence-corrected chi connectivity index (χ3v) is 5.99. The van der Waals surface area contributed by atoms with Crippen LogP contribution in [-0.2, 0) is 11.3 Å².